The SMILES string of the molecule is O=C(CCCCCCO)C1CCCC1. The lowest BCUT2D eigenvalue weighted by Crippen LogP contribution is -2.09. The van der Waals surface area contributed by atoms with Gasteiger partial charge in [0.1, 0.15) is 5.78 Å². The van der Waals surface area contributed by atoms with Crippen LogP contribution >= 0.6 is 0 Å². The Morgan fingerprint density at radius 1 is 1.07 bits per heavy atom. The summed E-state index contributed by atoms with van der Waals surface area (Å²) in [4.78, 5) is 11.6. The molecular weight excluding hydrogens is 176 g/mol. The van der Waals surface area contributed by atoms with Crippen LogP contribution in [0.1, 0.15) is 57.8 Å². The summed E-state index contributed by atoms with van der Waals surface area (Å²) >= 11 is 0. The highest BCUT2D eigenvalue weighted by Gasteiger charge is 2.21. The average Bonchev–Trinajstić information content (AvgIpc) is 2.70. The van der Waals surface area contributed by atoms with Gasteiger partial charge in [-0.2, -0.15) is 0 Å². The number of hydrogen-bond acceptors (Lipinski definition) is 2. The summed E-state index contributed by atoms with van der Waals surface area (Å²) in [6.45, 7) is 0.288. The maximum Gasteiger partial charge on any atom is 0.135 e. The highest BCUT2D eigenvalue weighted by Crippen LogP contribution is 2.26. The second-order valence-corrected chi connectivity index (χ2v) is 4.34. The standard InChI is InChI=1S/C12H22O2/c13-10-6-2-1-3-9-12(14)11-7-4-5-8-11/h11,13H,1-10H2. The molecule has 0 atom stereocenters. The van der Waals surface area contributed by atoms with E-state index in [1.807, 2.05) is 0 Å². The van der Waals surface area contributed by atoms with Gasteiger partial charge < -0.3 is 5.11 Å². The quantitative estimate of drug-likeness (QED) is 0.639. The molecule has 0 bridgehead atoms. The number of aliphatic hydroxyl groups is 1. The van der Waals surface area contributed by atoms with E-state index < -0.39 is 0 Å². The van der Waals surface area contributed by atoms with Gasteiger partial charge in [0.25, 0.3) is 0 Å². The Morgan fingerprint density at radius 2 is 1.71 bits per heavy atom. The summed E-state index contributed by atoms with van der Waals surface area (Å²) in [7, 11) is 0. The van der Waals surface area contributed by atoms with E-state index in [9.17, 15) is 4.79 Å². The van der Waals surface area contributed by atoms with Gasteiger partial charge in [0.2, 0.25) is 0 Å². The number of carbonyl (C=O) groups is 1. The van der Waals surface area contributed by atoms with Crippen LogP contribution in [-0.4, -0.2) is 17.5 Å². The van der Waals surface area contributed by atoms with Gasteiger partial charge in [0.15, 0.2) is 0 Å². The second-order valence-electron chi connectivity index (χ2n) is 4.34. The summed E-state index contributed by atoms with van der Waals surface area (Å²) in [5.74, 6) is 0.888. The summed E-state index contributed by atoms with van der Waals surface area (Å²) in [5, 5.41) is 8.58. The van der Waals surface area contributed by atoms with Crippen molar-refractivity contribution in [2.45, 2.75) is 57.8 Å². The Morgan fingerprint density at radius 3 is 2.36 bits per heavy atom. The number of Topliss-reactive ketones (excluding diaryl/α,β-unsaturated/α-hetero) is 1. The molecule has 1 fully saturated rings. The number of ketones is 1. The summed E-state index contributed by atoms with van der Waals surface area (Å²) < 4.78 is 0. The van der Waals surface area contributed by atoms with Gasteiger partial charge in [-0.25, -0.2) is 0 Å². The van der Waals surface area contributed by atoms with Gasteiger partial charge in [-0.3, -0.25) is 4.79 Å². The topological polar surface area (TPSA) is 37.3 Å². The van der Waals surface area contributed by atoms with Crippen LogP contribution in [0.5, 0.6) is 0 Å². The van der Waals surface area contributed by atoms with E-state index in [-0.39, 0.29) is 6.61 Å². The van der Waals surface area contributed by atoms with Gasteiger partial charge in [0.05, 0.1) is 0 Å². The first-order valence-corrected chi connectivity index (χ1v) is 5.98. The van der Waals surface area contributed by atoms with Crippen LogP contribution in [0.15, 0.2) is 0 Å². The average molecular weight is 198 g/mol. The van der Waals surface area contributed by atoms with Crippen molar-refractivity contribution in [2.24, 2.45) is 5.92 Å². The van der Waals surface area contributed by atoms with Gasteiger partial charge in [-0.15, -0.1) is 0 Å². The Bertz CT molecular complexity index is 160. The Hall–Kier alpha value is -0.370. The van der Waals surface area contributed by atoms with E-state index in [4.69, 9.17) is 5.11 Å². The third-order valence-corrected chi connectivity index (χ3v) is 3.14. The fourth-order valence-electron chi connectivity index (χ4n) is 2.22. The molecule has 0 aliphatic heterocycles. The van der Waals surface area contributed by atoms with Crippen molar-refractivity contribution in [1.82, 2.24) is 0 Å². The van der Waals surface area contributed by atoms with Gasteiger partial charge in [-0.05, 0) is 25.7 Å². The summed E-state index contributed by atoms with van der Waals surface area (Å²) in [6, 6.07) is 0. The summed E-state index contributed by atoms with van der Waals surface area (Å²) in [6.07, 6.45) is 9.61. The first-order chi connectivity index (χ1) is 6.84. The molecule has 0 amide bonds. The lowest BCUT2D eigenvalue weighted by Gasteiger charge is -2.06. The van der Waals surface area contributed by atoms with Crippen molar-refractivity contribution in [3.63, 3.8) is 0 Å². The smallest absolute Gasteiger partial charge is 0.135 e. The van der Waals surface area contributed by atoms with E-state index >= 15 is 0 Å². The zero-order valence-corrected chi connectivity index (χ0v) is 9.00. The van der Waals surface area contributed by atoms with Crippen LogP contribution in [0.2, 0.25) is 0 Å². The zero-order valence-electron chi connectivity index (χ0n) is 9.00. The van der Waals surface area contributed by atoms with Crippen molar-refractivity contribution >= 4 is 5.78 Å². The number of carbonyl (C=O) groups excluding carboxylic acids is 1. The van der Waals surface area contributed by atoms with Crippen molar-refractivity contribution in [3.05, 3.63) is 0 Å². The molecule has 0 aromatic rings. The molecule has 0 heterocycles. The third kappa shape index (κ3) is 4.23. The first-order valence-electron chi connectivity index (χ1n) is 5.98. The molecule has 1 N–H and O–H groups in total. The predicted molar refractivity (Wildman–Crippen MR) is 57.1 cm³/mol. The molecule has 0 aromatic carbocycles. The van der Waals surface area contributed by atoms with Crippen LogP contribution in [0.25, 0.3) is 0 Å². The van der Waals surface area contributed by atoms with E-state index in [0.717, 1.165) is 44.9 Å². The molecule has 1 aliphatic rings. The van der Waals surface area contributed by atoms with Crippen LogP contribution in [-0.2, 0) is 4.79 Å². The van der Waals surface area contributed by atoms with Crippen molar-refractivity contribution < 1.29 is 9.90 Å². The van der Waals surface area contributed by atoms with Crippen LogP contribution in [0.4, 0.5) is 0 Å². The van der Waals surface area contributed by atoms with Crippen LogP contribution in [0.3, 0.4) is 0 Å². The molecule has 1 aliphatic carbocycles. The van der Waals surface area contributed by atoms with Crippen LogP contribution in [0, 0.1) is 5.92 Å². The van der Waals surface area contributed by atoms with Crippen molar-refractivity contribution in [1.29, 1.82) is 0 Å². The number of unbranched alkanes of at least 4 members (excludes halogenated alkanes) is 3. The number of rotatable bonds is 7. The molecule has 0 saturated heterocycles. The minimum atomic E-state index is 0.288. The van der Waals surface area contributed by atoms with E-state index in [1.165, 1.54) is 12.8 Å². The lowest BCUT2D eigenvalue weighted by molar-refractivity contribution is -0.122. The molecule has 0 radical (unpaired) electrons. The highest BCUT2D eigenvalue weighted by atomic mass is 16.2. The molecule has 0 spiro atoms. The maximum atomic E-state index is 11.6. The fourth-order valence-corrected chi connectivity index (χ4v) is 2.22. The number of hydrogen-bond donors (Lipinski definition) is 1. The van der Waals surface area contributed by atoms with E-state index in [0.29, 0.717) is 11.7 Å². The van der Waals surface area contributed by atoms with Crippen molar-refractivity contribution in [3.8, 4) is 0 Å². The Balaban J connectivity index is 1.97. The Labute approximate surface area is 86.7 Å². The molecule has 0 aromatic heterocycles. The summed E-state index contributed by atoms with van der Waals surface area (Å²) in [5.41, 5.74) is 0. The highest BCUT2D eigenvalue weighted by molar-refractivity contribution is 5.81. The van der Waals surface area contributed by atoms with Gasteiger partial charge in [-0.1, -0.05) is 25.7 Å². The minimum absolute atomic E-state index is 0.288. The lowest BCUT2D eigenvalue weighted by atomic mass is 9.98. The third-order valence-electron chi connectivity index (χ3n) is 3.14. The van der Waals surface area contributed by atoms with E-state index in [2.05, 4.69) is 0 Å². The molecule has 2 heteroatoms. The minimum Gasteiger partial charge on any atom is -0.396 e. The van der Waals surface area contributed by atoms with Gasteiger partial charge >= 0.3 is 0 Å². The fraction of sp³-hybridized carbons (Fsp3) is 0.917. The second kappa shape index (κ2) is 6.99. The molecular formula is C12H22O2. The molecule has 2 nitrogen and oxygen atoms in total. The van der Waals surface area contributed by atoms with Crippen molar-refractivity contribution in [2.75, 3.05) is 6.61 Å². The maximum absolute atomic E-state index is 11.6. The largest absolute Gasteiger partial charge is 0.396 e. The first kappa shape index (κ1) is 11.7. The zero-order chi connectivity index (χ0) is 10.2. The van der Waals surface area contributed by atoms with E-state index in [1.54, 1.807) is 0 Å². The van der Waals surface area contributed by atoms with Gasteiger partial charge in [0, 0.05) is 18.9 Å². The predicted octanol–water partition coefficient (Wildman–Crippen LogP) is 2.69. The molecule has 0 unspecified atom stereocenters. The molecule has 1 saturated carbocycles. The monoisotopic (exact) mass is 198 g/mol. The van der Waals surface area contributed by atoms with Crippen LogP contribution < -0.4 is 0 Å². The molecule has 1 rings (SSSR count). The molecule has 14 heavy (non-hydrogen) atoms. The number of aliphatic hydroxyl groups excluding tert-OH is 1. The molecule has 82 valence electrons. The Kier molecular flexibility index (Phi) is 5.85. The normalized spacial score (nSPS) is 17.5.